The van der Waals surface area contributed by atoms with Gasteiger partial charge in [0.15, 0.2) is 11.6 Å². The van der Waals surface area contributed by atoms with E-state index in [1.165, 1.54) is 13.2 Å². The van der Waals surface area contributed by atoms with Crippen molar-refractivity contribution in [1.29, 1.82) is 0 Å². The predicted molar refractivity (Wildman–Crippen MR) is 91.8 cm³/mol. The Bertz CT molecular complexity index is 952. The number of halogens is 2. The van der Waals surface area contributed by atoms with Crippen LogP contribution in [0.15, 0.2) is 36.7 Å². The van der Waals surface area contributed by atoms with E-state index in [0.717, 1.165) is 30.2 Å². The molecule has 0 radical (unpaired) electrons. The van der Waals surface area contributed by atoms with E-state index in [9.17, 15) is 8.78 Å². The number of hydrogen-bond donors (Lipinski definition) is 0. The molecular formula is C19H18F2N4O. The number of aryl methyl sites for hydroxylation is 1. The zero-order valence-electron chi connectivity index (χ0n) is 14.5. The summed E-state index contributed by atoms with van der Waals surface area (Å²) in [5, 5.41) is 8.26. The molecule has 1 fully saturated rings. The molecule has 7 heteroatoms. The highest BCUT2D eigenvalue weighted by Gasteiger charge is 2.36. The van der Waals surface area contributed by atoms with E-state index in [0.29, 0.717) is 5.92 Å². The molecule has 2 heterocycles. The summed E-state index contributed by atoms with van der Waals surface area (Å²) in [4.78, 5) is 4.48. The van der Waals surface area contributed by atoms with Gasteiger partial charge in [-0.3, -0.25) is 4.98 Å². The van der Waals surface area contributed by atoms with Crippen molar-refractivity contribution in [2.75, 3.05) is 7.11 Å². The lowest BCUT2D eigenvalue weighted by molar-refractivity contribution is 0.408. The Morgan fingerprint density at radius 1 is 1.23 bits per heavy atom. The number of hydrogen-bond acceptors (Lipinski definition) is 4. The molecule has 2 aromatic heterocycles. The van der Waals surface area contributed by atoms with Gasteiger partial charge in [0.05, 0.1) is 30.6 Å². The topological polar surface area (TPSA) is 52.8 Å². The SMILES string of the molecule is COc1ccc(F)c(F)c1-c1cn(C(c2cc(C)ccn2)C2CC2)nn1. The predicted octanol–water partition coefficient (Wildman–Crippen LogP) is 3.93. The second kappa shape index (κ2) is 6.48. The summed E-state index contributed by atoms with van der Waals surface area (Å²) >= 11 is 0. The third-order valence-electron chi connectivity index (χ3n) is 4.64. The van der Waals surface area contributed by atoms with Gasteiger partial charge >= 0.3 is 0 Å². The van der Waals surface area contributed by atoms with Crippen LogP contribution in [0.3, 0.4) is 0 Å². The normalized spacial score (nSPS) is 15.1. The van der Waals surface area contributed by atoms with Crippen molar-refractivity contribution in [1.82, 2.24) is 20.0 Å². The lowest BCUT2D eigenvalue weighted by Crippen LogP contribution is -2.15. The molecule has 26 heavy (non-hydrogen) atoms. The lowest BCUT2D eigenvalue weighted by Gasteiger charge is -2.16. The van der Waals surface area contributed by atoms with Gasteiger partial charge in [0, 0.05) is 6.20 Å². The minimum absolute atomic E-state index is 0.0227. The fourth-order valence-electron chi connectivity index (χ4n) is 3.20. The van der Waals surface area contributed by atoms with E-state index in [1.54, 1.807) is 17.1 Å². The molecule has 1 aliphatic carbocycles. The molecule has 1 aromatic carbocycles. The Labute approximate surface area is 149 Å². The van der Waals surface area contributed by atoms with Gasteiger partial charge in [0.25, 0.3) is 0 Å². The van der Waals surface area contributed by atoms with Gasteiger partial charge in [-0.1, -0.05) is 5.21 Å². The Morgan fingerprint density at radius 2 is 2.04 bits per heavy atom. The van der Waals surface area contributed by atoms with Crippen molar-refractivity contribution >= 4 is 0 Å². The molecule has 0 bridgehead atoms. The Hall–Kier alpha value is -2.83. The number of ether oxygens (including phenoxy) is 1. The quantitative estimate of drug-likeness (QED) is 0.695. The zero-order chi connectivity index (χ0) is 18.3. The molecule has 0 saturated heterocycles. The molecule has 0 amide bonds. The van der Waals surface area contributed by atoms with Crippen molar-refractivity contribution in [2.45, 2.75) is 25.8 Å². The highest BCUT2D eigenvalue weighted by Crippen LogP contribution is 2.43. The van der Waals surface area contributed by atoms with Crippen LogP contribution >= 0.6 is 0 Å². The highest BCUT2D eigenvalue weighted by molar-refractivity contribution is 5.67. The number of benzene rings is 1. The van der Waals surface area contributed by atoms with E-state index in [1.807, 2.05) is 19.1 Å². The van der Waals surface area contributed by atoms with Crippen molar-refractivity contribution < 1.29 is 13.5 Å². The summed E-state index contributed by atoms with van der Waals surface area (Å²) in [7, 11) is 1.41. The first-order chi connectivity index (χ1) is 12.6. The van der Waals surface area contributed by atoms with Crippen LogP contribution in [0, 0.1) is 24.5 Å². The first kappa shape index (κ1) is 16.6. The third-order valence-corrected chi connectivity index (χ3v) is 4.64. The maximum absolute atomic E-state index is 14.3. The summed E-state index contributed by atoms with van der Waals surface area (Å²) in [6.07, 6.45) is 5.56. The lowest BCUT2D eigenvalue weighted by atomic mass is 10.1. The van der Waals surface area contributed by atoms with Crippen LogP contribution in [-0.2, 0) is 0 Å². The molecule has 1 unspecified atom stereocenters. The van der Waals surface area contributed by atoms with Crippen LogP contribution in [-0.4, -0.2) is 27.1 Å². The summed E-state index contributed by atoms with van der Waals surface area (Å²) < 4.78 is 34.9. The maximum atomic E-state index is 14.3. The van der Waals surface area contributed by atoms with Crippen molar-refractivity contribution in [2.24, 2.45) is 5.92 Å². The molecule has 5 nitrogen and oxygen atoms in total. The second-order valence-corrected chi connectivity index (χ2v) is 6.56. The Balaban J connectivity index is 1.77. The van der Waals surface area contributed by atoms with Crippen LogP contribution in [0.4, 0.5) is 8.78 Å². The van der Waals surface area contributed by atoms with Crippen LogP contribution in [0.5, 0.6) is 5.75 Å². The number of pyridine rings is 1. The first-order valence-electron chi connectivity index (χ1n) is 8.45. The van der Waals surface area contributed by atoms with Crippen molar-refractivity contribution in [3.8, 4) is 17.0 Å². The van der Waals surface area contributed by atoms with Gasteiger partial charge in [-0.05, 0) is 55.5 Å². The first-order valence-corrected chi connectivity index (χ1v) is 8.45. The molecule has 1 atom stereocenters. The van der Waals surface area contributed by atoms with E-state index in [4.69, 9.17) is 4.74 Å². The van der Waals surface area contributed by atoms with Crippen LogP contribution in [0.2, 0.25) is 0 Å². The monoisotopic (exact) mass is 356 g/mol. The van der Waals surface area contributed by atoms with Gasteiger partial charge in [-0.15, -0.1) is 5.10 Å². The van der Waals surface area contributed by atoms with E-state index in [2.05, 4.69) is 15.3 Å². The summed E-state index contributed by atoms with van der Waals surface area (Å²) in [6.45, 7) is 2.01. The van der Waals surface area contributed by atoms with Crippen LogP contribution in [0.1, 0.15) is 30.1 Å². The molecule has 0 aliphatic heterocycles. The Morgan fingerprint density at radius 3 is 2.73 bits per heavy atom. The molecule has 1 saturated carbocycles. The second-order valence-electron chi connectivity index (χ2n) is 6.56. The average molecular weight is 356 g/mol. The maximum Gasteiger partial charge on any atom is 0.172 e. The van der Waals surface area contributed by atoms with Crippen LogP contribution in [0.25, 0.3) is 11.3 Å². The van der Waals surface area contributed by atoms with Gasteiger partial charge in [-0.2, -0.15) is 0 Å². The van der Waals surface area contributed by atoms with Gasteiger partial charge < -0.3 is 4.74 Å². The number of nitrogens with zero attached hydrogens (tertiary/aromatic N) is 4. The van der Waals surface area contributed by atoms with E-state index in [-0.39, 0.29) is 23.0 Å². The minimum Gasteiger partial charge on any atom is -0.496 e. The third kappa shape index (κ3) is 2.94. The molecule has 0 spiro atoms. The molecule has 0 N–H and O–H groups in total. The van der Waals surface area contributed by atoms with Gasteiger partial charge in [0.2, 0.25) is 0 Å². The van der Waals surface area contributed by atoms with Gasteiger partial charge in [-0.25, -0.2) is 13.5 Å². The fraction of sp³-hybridized carbons (Fsp3) is 0.316. The summed E-state index contributed by atoms with van der Waals surface area (Å²) in [5.41, 5.74) is 2.22. The summed E-state index contributed by atoms with van der Waals surface area (Å²) in [6, 6.07) is 6.30. The number of methoxy groups -OCH3 is 1. The number of rotatable bonds is 5. The van der Waals surface area contributed by atoms with Crippen molar-refractivity contribution in [3.05, 3.63) is 59.6 Å². The number of aromatic nitrogens is 4. The highest BCUT2D eigenvalue weighted by atomic mass is 19.2. The summed E-state index contributed by atoms with van der Waals surface area (Å²) in [5.74, 6) is -1.31. The molecule has 3 aromatic rings. The fourth-order valence-corrected chi connectivity index (χ4v) is 3.20. The molecule has 134 valence electrons. The van der Waals surface area contributed by atoms with E-state index < -0.39 is 11.6 Å². The Kier molecular flexibility index (Phi) is 4.14. The largest absolute Gasteiger partial charge is 0.496 e. The molecule has 4 rings (SSSR count). The average Bonchev–Trinajstić information content (AvgIpc) is 3.35. The molecule has 1 aliphatic rings. The zero-order valence-corrected chi connectivity index (χ0v) is 14.5. The standard InChI is InChI=1S/C19H18F2N4O/c1-11-7-8-22-14(9-11)19(12-3-4-12)25-10-15(23-24-25)17-16(26-2)6-5-13(20)18(17)21/h5-10,12,19H,3-4H2,1-2H3. The minimum atomic E-state index is -0.993. The smallest absolute Gasteiger partial charge is 0.172 e. The van der Waals surface area contributed by atoms with Gasteiger partial charge in [0.1, 0.15) is 11.4 Å². The van der Waals surface area contributed by atoms with Crippen molar-refractivity contribution in [3.63, 3.8) is 0 Å². The van der Waals surface area contributed by atoms with Crippen LogP contribution < -0.4 is 4.74 Å². The molecular weight excluding hydrogens is 338 g/mol. The van der Waals surface area contributed by atoms with E-state index >= 15 is 0 Å².